The number of carbonyl (C=O) groups excluding carboxylic acids is 1. The van der Waals surface area contributed by atoms with Gasteiger partial charge in [0.05, 0.1) is 5.56 Å². The van der Waals surface area contributed by atoms with Gasteiger partial charge in [-0.05, 0) is 41.8 Å². The van der Waals surface area contributed by atoms with Gasteiger partial charge < -0.3 is 5.11 Å². The number of allylic oxidation sites excluding steroid dienone is 1. The summed E-state index contributed by atoms with van der Waals surface area (Å²) in [6.07, 6.45) is 3.14. The summed E-state index contributed by atoms with van der Waals surface area (Å²) in [5.74, 6) is -0.325. The summed E-state index contributed by atoms with van der Waals surface area (Å²) in [5.41, 5.74) is 0.213. The van der Waals surface area contributed by atoms with Gasteiger partial charge >= 0.3 is 0 Å². The maximum Gasteiger partial charge on any atom is 0.189 e. The molecule has 17 heavy (non-hydrogen) atoms. The predicted molar refractivity (Wildman–Crippen MR) is 70.8 cm³/mol. The Morgan fingerprint density at radius 1 is 1.35 bits per heavy atom. The van der Waals surface area contributed by atoms with Crippen LogP contribution in [-0.2, 0) is 0 Å². The monoisotopic (exact) mass is 264 g/mol. The summed E-state index contributed by atoms with van der Waals surface area (Å²) in [5, 5.41) is 11.9. The Bertz CT molecular complexity index is 559. The standard InChI is InChI=1S/C13H9ClO2S/c14-9-3-5-12(15)11(8-9)13(16)6-4-10-2-1-7-17-10/h1-8,15H. The lowest BCUT2D eigenvalue weighted by atomic mass is 10.1. The number of carbonyl (C=O) groups is 1. The van der Waals surface area contributed by atoms with Gasteiger partial charge in [-0.3, -0.25) is 4.79 Å². The van der Waals surface area contributed by atoms with E-state index < -0.39 is 0 Å². The Kier molecular flexibility index (Phi) is 3.61. The van der Waals surface area contributed by atoms with Crippen LogP contribution in [0.4, 0.5) is 0 Å². The van der Waals surface area contributed by atoms with E-state index in [0.717, 1.165) is 4.88 Å². The maximum absolute atomic E-state index is 11.8. The van der Waals surface area contributed by atoms with Crippen LogP contribution in [0, 0.1) is 0 Å². The van der Waals surface area contributed by atoms with Gasteiger partial charge in [0, 0.05) is 9.90 Å². The van der Waals surface area contributed by atoms with Crippen LogP contribution >= 0.6 is 22.9 Å². The molecular formula is C13H9ClO2S. The molecule has 0 amide bonds. The number of hydrogen-bond donors (Lipinski definition) is 1. The van der Waals surface area contributed by atoms with E-state index in [4.69, 9.17) is 11.6 Å². The quantitative estimate of drug-likeness (QED) is 0.672. The number of hydrogen-bond acceptors (Lipinski definition) is 3. The van der Waals surface area contributed by atoms with Crippen molar-refractivity contribution in [2.75, 3.05) is 0 Å². The van der Waals surface area contributed by atoms with Crippen LogP contribution in [0.2, 0.25) is 5.02 Å². The first-order valence-corrected chi connectivity index (χ1v) is 6.17. The van der Waals surface area contributed by atoms with Gasteiger partial charge in [-0.2, -0.15) is 0 Å². The van der Waals surface area contributed by atoms with Crippen molar-refractivity contribution in [1.82, 2.24) is 0 Å². The van der Waals surface area contributed by atoms with Crippen LogP contribution in [0.25, 0.3) is 6.08 Å². The fraction of sp³-hybridized carbons (Fsp3) is 0. The van der Waals surface area contributed by atoms with Gasteiger partial charge in [0.1, 0.15) is 5.75 Å². The minimum Gasteiger partial charge on any atom is -0.507 e. The largest absolute Gasteiger partial charge is 0.507 e. The van der Waals surface area contributed by atoms with E-state index in [1.165, 1.54) is 35.6 Å². The molecule has 0 aliphatic carbocycles. The minimum absolute atomic E-state index is 0.0600. The molecule has 1 aromatic heterocycles. The number of aromatic hydroxyl groups is 1. The lowest BCUT2D eigenvalue weighted by Crippen LogP contribution is -1.94. The molecule has 0 radical (unpaired) electrons. The average Bonchev–Trinajstić information content (AvgIpc) is 2.82. The zero-order valence-electron chi connectivity index (χ0n) is 8.76. The molecule has 0 atom stereocenters. The number of phenols is 1. The summed E-state index contributed by atoms with van der Waals surface area (Å²) >= 11 is 7.32. The van der Waals surface area contributed by atoms with Gasteiger partial charge in [-0.15, -0.1) is 11.3 Å². The fourth-order valence-corrected chi connectivity index (χ4v) is 2.13. The molecule has 1 N–H and O–H groups in total. The van der Waals surface area contributed by atoms with Crippen molar-refractivity contribution >= 4 is 34.8 Å². The minimum atomic E-state index is -0.265. The van der Waals surface area contributed by atoms with Gasteiger partial charge in [-0.1, -0.05) is 17.7 Å². The van der Waals surface area contributed by atoms with E-state index in [2.05, 4.69) is 0 Å². The molecule has 86 valence electrons. The van der Waals surface area contributed by atoms with Crippen molar-refractivity contribution in [3.63, 3.8) is 0 Å². The third-order valence-corrected chi connectivity index (χ3v) is 3.24. The molecule has 0 aliphatic heterocycles. The number of thiophene rings is 1. The predicted octanol–water partition coefficient (Wildman–Crippen LogP) is 4.00. The van der Waals surface area contributed by atoms with Crippen LogP contribution in [0.3, 0.4) is 0 Å². The summed E-state index contributed by atoms with van der Waals surface area (Å²) < 4.78 is 0. The second kappa shape index (κ2) is 5.17. The fourth-order valence-electron chi connectivity index (χ4n) is 1.34. The molecule has 0 saturated carbocycles. The molecule has 2 nitrogen and oxygen atoms in total. The Hall–Kier alpha value is -1.58. The number of halogens is 1. The molecule has 0 spiro atoms. The first-order valence-electron chi connectivity index (χ1n) is 4.91. The highest BCUT2D eigenvalue weighted by Gasteiger charge is 2.08. The number of benzene rings is 1. The molecule has 0 saturated heterocycles. The van der Waals surface area contributed by atoms with E-state index in [9.17, 15) is 9.90 Å². The summed E-state index contributed by atoms with van der Waals surface area (Å²) in [6.45, 7) is 0. The van der Waals surface area contributed by atoms with Crippen molar-refractivity contribution in [3.8, 4) is 5.75 Å². The summed E-state index contributed by atoms with van der Waals surface area (Å²) in [7, 11) is 0. The highest BCUT2D eigenvalue weighted by Crippen LogP contribution is 2.22. The van der Waals surface area contributed by atoms with Gasteiger partial charge in [0.15, 0.2) is 5.78 Å². The normalized spacial score (nSPS) is 10.9. The molecular weight excluding hydrogens is 256 g/mol. The smallest absolute Gasteiger partial charge is 0.189 e. The Morgan fingerprint density at radius 2 is 2.18 bits per heavy atom. The molecule has 0 bridgehead atoms. The summed E-state index contributed by atoms with van der Waals surface area (Å²) in [4.78, 5) is 12.8. The molecule has 2 rings (SSSR count). The van der Waals surface area contributed by atoms with E-state index in [1.807, 2.05) is 17.5 Å². The van der Waals surface area contributed by atoms with Gasteiger partial charge in [0.25, 0.3) is 0 Å². The van der Waals surface area contributed by atoms with Crippen molar-refractivity contribution in [1.29, 1.82) is 0 Å². The molecule has 2 aromatic rings. The molecule has 1 heterocycles. The maximum atomic E-state index is 11.8. The van der Waals surface area contributed by atoms with E-state index in [0.29, 0.717) is 5.02 Å². The third-order valence-electron chi connectivity index (χ3n) is 2.17. The van der Waals surface area contributed by atoms with E-state index in [-0.39, 0.29) is 17.1 Å². The Balaban J connectivity index is 2.23. The molecule has 4 heteroatoms. The molecule has 0 fully saturated rings. The lowest BCUT2D eigenvalue weighted by Gasteiger charge is -2.00. The second-order valence-electron chi connectivity index (χ2n) is 3.37. The number of phenolic OH excluding ortho intramolecular Hbond substituents is 1. The lowest BCUT2D eigenvalue weighted by molar-refractivity contribution is 0.104. The van der Waals surface area contributed by atoms with Crippen molar-refractivity contribution in [2.24, 2.45) is 0 Å². The summed E-state index contributed by atoms with van der Waals surface area (Å²) in [6, 6.07) is 8.22. The van der Waals surface area contributed by atoms with Crippen LogP contribution < -0.4 is 0 Å². The zero-order chi connectivity index (χ0) is 12.3. The highest BCUT2D eigenvalue weighted by atomic mass is 35.5. The third kappa shape index (κ3) is 2.96. The highest BCUT2D eigenvalue weighted by molar-refractivity contribution is 7.10. The first-order chi connectivity index (χ1) is 8.16. The van der Waals surface area contributed by atoms with Gasteiger partial charge in [-0.25, -0.2) is 0 Å². The Labute approximate surface area is 108 Å². The molecule has 1 aromatic carbocycles. The SMILES string of the molecule is O=C(C=Cc1cccs1)c1cc(Cl)ccc1O. The van der Waals surface area contributed by atoms with Crippen molar-refractivity contribution in [2.45, 2.75) is 0 Å². The first kappa shape index (κ1) is 11.9. The number of ketones is 1. The molecule has 0 unspecified atom stereocenters. The van der Waals surface area contributed by atoms with Crippen molar-refractivity contribution < 1.29 is 9.90 Å². The van der Waals surface area contributed by atoms with Crippen LogP contribution in [0.1, 0.15) is 15.2 Å². The van der Waals surface area contributed by atoms with Crippen molar-refractivity contribution in [3.05, 3.63) is 57.3 Å². The van der Waals surface area contributed by atoms with Crippen LogP contribution in [0.15, 0.2) is 41.8 Å². The van der Waals surface area contributed by atoms with E-state index >= 15 is 0 Å². The topological polar surface area (TPSA) is 37.3 Å². The van der Waals surface area contributed by atoms with Crippen LogP contribution in [0.5, 0.6) is 5.75 Å². The number of rotatable bonds is 3. The second-order valence-corrected chi connectivity index (χ2v) is 4.79. The molecule has 0 aliphatic rings. The average molecular weight is 265 g/mol. The van der Waals surface area contributed by atoms with Crippen LogP contribution in [-0.4, -0.2) is 10.9 Å². The Morgan fingerprint density at radius 3 is 2.88 bits per heavy atom. The van der Waals surface area contributed by atoms with E-state index in [1.54, 1.807) is 6.08 Å². The zero-order valence-corrected chi connectivity index (χ0v) is 10.3. The van der Waals surface area contributed by atoms with Gasteiger partial charge in [0.2, 0.25) is 0 Å².